The summed E-state index contributed by atoms with van der Waals surface area (Å²) < 4.78 is 12.3. The molecule has 144 valence electrons. The largest absolute Gasteiger partial charge is 0.493 e. The Bertz CT molecular complexity index is 932. The molecule has 1 amide bonds. The first-order valence-electron chi connectivity index (χ1n) is 8.96. The van der Waals surface area contributed by atoms with Gasteiger partial charge < -0.3 is 14.8 Å². The van der Waals surface area contributed by atoms with E-state index in [1.54, 1.807) is 26.5 Å². The average molecular weight is 377 g/mol. The number of aromatic nitrogens is 2. The Labute approximate surface area is 164 Å². The molecule has 0 atom stereocenters. The molecule has 0 bridgehead atoms. The van der Waals surface area contributed by atoms with Crippen molar-refractivity contribution in [2.24, 2.45) is 0 Å². The van der Waals surface area contributed by atoms with Gasteiger partial charge in [-0.25, -0.2) is 4.68 Å². The third kappa shape index (κ3) is 5.01. The summed E-state index contributed by atoms with van der Waals surface area (Å²) in [4.78, 5) is 12.0. The van der Waals surface area contributed by atoms with E-state index >= 15 is 0 Å². The lowest BCUT2D eigenvalue weighted by atomic mass is 10.1. The van der Waals surface area contributed by atoms with Crippen LogP contribution in [0.5, 0.6) is 11.5 Å². The highest BCUT2D eigenvalue weighted by Gasteiger charge is 2.03. The molecule has 28 heavy (non-hydrogen) atoms. The summed E-state index contributed by atoms with van der Waals surface area (Å²) in [5.41, 5.74) is 3.03. The van der Waals surface area contributed by atoms with Gasteiger partial charge in [-0.2, -0.15) is 5.10 Å². The molecule has 1 aromatic heterocycles. The Morgan fingerprint density at radius 1 is 1.11 bits per heavy atom. The lowest BCUT2D eigenvalue weighted by Gasteiger charge is -2.07. The first-order chi connectivity index (χ1) is 13.7. The molecule has 0 saturated heterocycles. The molecule has 6 nitrogen and oxygen atoms in total. The molecule has 3 rings (SSSR count). The van der Waals surface area contributed by atoms with Gasteiger partial charge in [0.15, 0.2) is 11.5 Å². The highest BCUT2D eigenvalue weighted by molar-refractivity contribution is 5.91. The molecular weight excluding hydrogens is 354 g/mol. The molecule has 3 aromatic rings. The fourth-order valence-corrected chi connectivity index (χ4v) is 2.75. The van der Waals surface area contributed by atoms with E-state index in [9.17, 15) is 4.79 Å². The Morgan fingerprint density at radius 2 is 1.89 bits per heavy atom. The van der Waals surface area contributed by atoms with Crippen LogP contribution in [-0.2, 0) is 11.2 Å². The summed E-state index contributed by atoms with van der Waals surface area (Å²) in [6.07, 6.45) is 7.67. The van der Waals surface area contributed by atoms with E-state index in [0.29, 0.717) is 18.0 Å². The second kappa shape index (κ2) is 9.41. The van der Waals surface area contributed by atoms with Crippen molar-refractivity contribution in [1.29, 1.82) is 0 Å². The topological polar surface area (TPSA) is 65.4 Å². The number of carbonyl (C=O) groups is 1. The van der Waals surface area contributed by atoms with Crippen LogP contribution in [0, 0.1) is 0 Å². The standard InChI is InChI=1S/C22H23N3O3/c1-27-20-10-6-18(16-21(20)28-2)7-11-22(26)23-14-12-17-4-8-19(9-5-17)25-15-3-13-24-25/h3-11,13,15-16H,12,14H2,1-2H3,(H,23,26)/b11-7+. The maximum absolute atomic E-state index is 12.0. The van der Waals surface area contributed by atoms with Gasteiger partial charge in [-0.15, -0.1) is 0 Å². The summed E-state index contributed by atoms with van der Waals surface area (Å²) in [7, 11) is 3.17. The number of hydrogen-bond donors (Lipinski definition) is 1. The Morgan fingerprint density at radius 3 is 2.57 bits per heavy atom. The van der Waals surface area contributed by atoms with Crippen LogP contribution in [0.15, 0.2) is 67.0 Å². The highest BCUT2D eigenvalue weighted by atomic mass is 16.5. The Hall–Kier alpha value is -3.54. The molecule has 1 heterocycles. The van der Waals surface area contributed by atoms with Gasteiger partial charge in [-0.3, -0.25) is 4.79 Å². The fraction of sp³-hybridized carbons (Fsp3) is 0.182. The first-order valence-corrected chi connectivity index (χ1v) is 8.96. The molecule has 0 fully saturated rings. The van der Waals surface area contributed by atoms with Crippen molar-refractivity contribution in [3.63, 3.8) is 0 Å². The zero-order valence-corrected chi connectivity index (χ0v) is 16.0. The second-order valence-corrected chi connectivity index (χ2v) is 6.11. The molecule has 0 aliphatic heterocycles. The van der Waals surface area contributed by atoms with E-state index in [4.69, 9.17) is 9.47 Å². The predicted octanol–water partition coefficient (Wildman–Crippen LogP) is 3.26. The first kappa shape index (κ1) is 19.2. The minimum atomic E-state index is -0.136. The third-order valence-corrected chi connectivity index (χ3v) is 4.25. The van der Waals surface area contributed by atoms with Crippen LogP contribution in [0.3, 0.4) is 0 Å². The smallest absolute Gasteiger partial charge is 0.244 e. The minimum absolute atomic E-state index is 0.136. The van der Waals surface area contributed by atoms with E-state index in [-0.39, 0.29) is 5.91 Å². The van der Waals surface area contributed by atoms with Crippen LogP contribution in [0.4, 0.5) is 0 Å². The van der Waals surface area contributed by atoms with Gasteiger partial charge in [-0.05, 0) is 54.0 Å². The Balaban J connectivity index is 1.48. The van der Waals surface area contributed by atoms with Crippen molar-refractivity contribution in [1.82, 2.24) is 15.1 Å². The molecule has 0 aliphatic rings. The van der Waals surface area contributed by atoms with Crippen molar-refractivity contribution >= 4 is 12.0 Å². The van der Waals surface area contributed by atoms with Crippen LogP contribution in [0.1, 0.15) is 11.1 Å². The van der Waals surface area contributed by atoms with Gasteiger partial charge in [0, 0.05) is 25.0 Å². The number of carbonyl (C=O) groups excluding carboxylic acids is 1. The van der Waals surface area contributed by atoms with Crippen LogP contribution < -0.4 is 14.8 Å². The van der Waals surface area contributed by atoms with Gasteiger partial charge in [0.2, 0.25) is 5.91 Å². The summed E-state index contributed by atoms with van der Waals surface area (Å²) in [6.45, 7) is 0.566. The highest BCUT2D eigenvalue weighted by Crippen LogP contribution is 2.27. The van der Waals surface area contributed by atoms with E-state index < -0.39 is 0 Å². The molecule has 1 N–H and O–H groups in total. The SMILES string of the molecule is COc1ccc(/C=C/C(=O)NCCc2ccc(-n3cccn3)cc2)cc1OC. The van der Waals surface area contributed by atoms with Crippen molar-refractivity contribution in [2.75, 3.05) is 20.8 Å². The van der Waals surface area contributed by atoms with Crippen molar-refractivity contribution < 1.29 is 14.3 Å². The molecule has 0 unspecified atom stereocenters. The number of nitrogens with zero attached hydrogens (tertiary/aromatic N) is 2. The number of hydrogen-bond acceptors (Lipinski definition) is 4. The molecule has 2 aromatic carbocycles. The van der Waals surface area contributed by atoms with Crippen LogP contribution >= 0.6 is 0 Å². The molecule has 0 aliphatic carbocycles. The van der Waals surface area contributed by atoms with Gasteiger partial charge in [-0.1, -0.05) is 18.2 Å². The Kier molecular flexibility index (Phi) is 6.46. The summed E-state index contributed by atoms with van der Waals surface area (Å²) in [5.74, 6) is 1.15. The summed E-state index contributed by atoms with van der Waals surface area (Å²) >= 11 is 0. The molecule has 0 radical (unpaired) electrons. The van der Waals surface area contributed by atoms with E-state index in [0.717, 1.165) is 23.2 Å². The average Bonchev–Trinajstić information content (AvgIpc) is 3.27. The zero-order chi connectivity index (χ0) is 19.8. The number of methoxy groups -OCH3 is 2. The van der Waals surface area contributed by atoms with Gasteiger partial charge in [0.25, 0.3) is 0 Å². The van der Waals surface area contributed by atoms with Crippen molar-refractivity contribution in [3.05, 3.63) is 78.1 Å². The van der Waals surface area contributed by atoms with Crippen molar-refractivity contribution in [3.8, 4) is 17.2 Å². The predicted molar refractivity (Wildman–Crippen MR) is 109 cm³/mol. The normalized spacial score (nSPS) is 10.8. The number of nitrogens with one attached hydrogen (secondary N) is 1. The van der Waals surface area contributed by atoms with Gasteiger partial charge in [0.05, 0.1) is 19.9 Å². The van der Waals surface area contributed by atoms with E-state index in [1.807, 2.05) is 59.4 Å². The lowest BCUT2D eigenvalue weighted by Crippen LogP contribution is -2.23. The van der Waals surface area contributed by atoms with Crippen molar-refractivity contribution in [2.45, 2.75) is 6.42 Å². The van der Waals surface area contributed by atoms with Crippen LogP contribution in [-0.4, -0.2) is 36.5 Å². The fourth-order valence-electron chi connectivity index (χ4n) is 2.75. The summed E-state index contributed by atoms with van der Waals surface area (Å²) in [5, 5.41) is 7.10. The molecule has 6 heteroatoms. The third-order valence-electron chi connectivity index (χ3n) is 4.25. The number of rotatable bonds is 8. The molecular formula is C22H23N3O3. The second-order valence-electron chi connectivity index (χ2n) is 6.11. The molecule has 0 saturated carbocycles. The number of ether oxygens (including phenoxy) is 2. The van der Waals surface area contributed by atoms with Gasteiger partial charge >= 0.3 is 0 Å². The number of amides is 1. The van der Waals surface area contributed by atoms with Crippen LogP contribution in [0.25, 0.3) is 11.8 Å². The maximum atomic E-state index is 12.0. The molecule has 0 spiro atoms. The summed E-state index contributed by atoms with van der Waals surface area (Å²) in [6, 6.07) is 15.5. The maximum Gasteiger partial charge on any atom is 0.244 e. The number of benzene rings is 2. The quantitative estimate of drug-likeness (QED) is 0.612. The zero-order valence-electron chi connectivity index (χ0n) is 16.0. The van der Waals surface area contributed by atoms with Gasteiger partial charge in [0.1, 0.15) is 0 Å². The van der Waals surface area contributed by atoms with E-state index in [2.05, 4.69) is 10.4 Å². The minimum Gasteiger partial charge on any atom is -0.493 e. The lowest BCUT2D eigenvalue weighted by molar-refractivity contribution is -0.116. The van der Waals surface area contributed by atoms with E-state index in [1.165, 1.54) is 6.08 Å². The monoisotopic (exact) mass is 377 g/mol. The van der Waals surface area contributed by atoms with Crippen LogP contribution in [0.2, 0.25) is 0 Å².